The maximum atomic E-state index is 12.5. The van der Waals surface area contributed by atoms with Gasteiger partial charge in [0, 0.05) is 37.7 Å². The molecule has 2 fully saturated rings. The third-order valence-electron chi connectivity index (χ3n) is 5.27. The van der Waals surface area contributed by atoms with E-state index in [4.69, 9.17) is 15.2 Å². The summed E-state index contributed by atoms with van der Waals surface area (Å²) in [7, 11) is 0. The van der Waals surface area contributed by atoms with Crippen LogP contribution in [0.25, 0.3) is 0 Å². The number of fused-ring (bicyclic) bond motifs is 1. The van der Waals surface area contributed by atoms with E-state index in [-0.39, 0.29) is 11.8 Å². The lowest BCUT2D eigenvalue weighted by Gasteiger charge is -2.30. The highest BCUT2D eigenvalue weighted by molar-refractivity contribution is 5.93. The summed E-state index contributed by atoms with van der Waals surface area (Å²) in [6, 6.07) is 5.01. The summed E-state index contributed by atoms with van der Waals surface area (Å²) >= 11 is 0. The fraction of sp³-hybridized carbons (Fsp3) is 0.556. The zero-order valence-electron chi connectivity index (χ0n) is 14.1. The first-order chi connectivity index (χ1) is 12.0. The number of nitrogens with two attached hydrogens (primary N) is 1. The molecule has 3 aliphatic rings. The second-order valence-corrected chi connectivity index (χ2v) is 7.10. The van der Waals surface area contributed by atoms with Crippen LogP contribution in [0.1, 0.15) is 38.5 Å². The van der Waals surface area contributed by atoms with Crippen molar-refractivity contribution in [2.45, 2.75) is 44.3 Å². The van der Waals surface area contributed by atoms with Crippen LogP contribution in [0.5, 0.6) is 11.5 Å². The number of hydrogen-bond acceptors (Lipinski definition) is 4. The topological polar surface area (TPSA) is 93.9 Å². The Morgan fingerprint density at radius 2 is 1.92 bits per heavy atom. The van der Waals surface area contributed by atoms with Crippen LogP contribution in [-0.2, 0) is 4.79 Å². The average molecular weight is 345 g/mol. The number of piperidine rings is 1. The Kier molecular flexibility index (Phi) is 3.94. The fourth-order valence-electron chi connectivity index (χ4n) is 3.92. The Hall–Kier alpha value is -2.44. The molecule has 1 aromatic carbocycles. The van der Waals surface area contributed by atoms with Crippen molar-refractivity contribution in [3.8, 4) is 11.5 Å². The van der Waals surface area contributed by atoms with Gasteiger partial charge in [0.05, 0.1) is 5.92 Å². The Bertz CT molecular complexity index is 700. The maximum absolute atomic E-state index is 12.5. The zero-order valence-corrected chi connectivity index (χ0v) is 14.1. The van der Waals surface area contributed by atoms with Gasteiger partial charge in [-0.1, -0.05) is 0 Å². The molecule has 7 nitrogen and oxygen atoms in total. The molecular formula is C18H23N3O4. The Labute approximate surface area is 146 Å². The number of nitrogens with zero attached hydrogens (tertiary/aromatic N) is 1. The highest BCUT2D eigenvalue weighted by Gasteiger charge is 2.44. The van der Waals surface area contributed by atoms with E-state index in [1.54, 1.807) is 0 Å². The van der Waals surface area contributed by atoms with Gasteiger partial charge in [0.1, 0.15) is 0 Å². The molecule has 2 heterocycles. The van der Waals surface area contributed by atoms with Crippen LogP contribution in [0.2, 0.25) is 0 Å². The lowest BCUT2D eigenvalue weighted by Crippen LogP contribution is -2.46. The van der Waals surface area contributed by atoms with Crippen LogP contribution >= 0.6 is 0 Å². The van der Waals surface area contributed by atoms with Crippen molar-refractivity contribution in [1.29, 1.82) is 0 Å². The van der Waals surface area contributed by atoms with Crippen molar-refractivity contribution in [1.82, 2.24) is 4.90 Å². The van der Waals surface area contributed by atoms with E-state index in [2.05, 4.69) is 5.32 Å². The van der Waals surface area contributed by atoms with Crippen LogP contribution in [0.4, 0.5) is 10.5 Å². The SMILES string of the molecule is NC(=O)N1CCC[C@@H](C(=O)Nc2ccc3c(c2)OC2(CCCC2)O3)C1. The normalized spacial score (nSPS) is 23.7. The summed E-state index contributed by atoms with van der Waals surface area (Å²) in [4.78, 5) is 25.4. The Morgan fingerprint density at radius 3 is 2.68 bits per heavy atom. The number of hydrogen-bond donors (Lipinski definition) is 2. The molecule has 1 aliphatic carbocycles. The Balaban J connectivity index is 1.42. The van der Waals surface area contributed by atoms with Gasteiger partial charge in [-0.3, -0.25) is 4.79 Å². The summed E-state index contributed by atoms with van der Waals surface area (Å²) in [5.41, 5.74) is 6.00. The van der Waals surface area contributed by atoms with Crippen molar-refractivity contribution in [2.75, 3.05) is 18.4 Å². The number of carbonyl (C=O) groups excluding carboxylic acids is 2. The number of primary amides is 1. The molecule has 2 aliphatic heterocycles. The minimum Gasteiger partial charge on any atom is -0.448 e. The maximum Gasteiger partial charge on any atom is 0.314 e. The fourth-order valence-corrected chi connectivity index (χ4v) is 3.92. The van der Waals surface area contributed by atoms with Crippen LogP contribution in [-0.4, -0.2) is 35.7 Å². The molecule has 1 spiro atoms. The molecule has 1 aromatic rings. The second-order valence-electron chi connectivity index (χ2n) is 7.10. The van der Waals surface area contributed by atoms with Gasteiger partial charge < -0.3 is 25.4 Å². The predicted molar refractivity (Wildman–Crippen MR) is 91.4 cm³/mol. The van der Waals surface area contributed by atoms with Crippen LogP contribution in [0.3, 0.4) is 0 Å². The molecule has 0 aromatic heterocycles. The van der Waals surface area contributed by atoms with Crippen molar-refractivity contribution >= 4 is 17.6 Å². The van der Waals surface area contributed by atoms with Crippen molar-refractivity contribution in [3.05, 3.63) is 18.2 Å². The first kappa shape index (κ1) is 16.1. The molecule has 0 bridgehead atoms. The smallest absolute Gasteiger partial charge is 0.314 e. The number of rotatable bonds is 2. The molecule has 3 N–H and O–H groups in total. The van der Waals surface area contributed by atoms with E-state index < -0.39 is 11.8 Å². The van der Waals surface area contributed by atoms with Gasteiger partial charge in [-0.25, -0.2) is 4.79 Å². The third kappa shape index (κ3) is 3.10. The number of anilines is 1. The largest absolute Gasteiger partial charge is 0.448 e. The first-order valence-corrected chi connectivity index (χ1v) is 8.92. The van der Waals surface area contributed by atoms with Gasteiger partial charge in [-0.05, 0) is 37.8 Å². The molecule has 3 amide bonds. The molecule has 134 valence electrons. The van der Waals surface area contributed by atoms with E-state index in [0.717, 1.165) is 44.3 Å². The molecule has 1 atom stereocenters. The zero-order chi connectivity index (χ0) is 17.4. The van der Waals surface area contributed by atoms with Crippen molar-refractivity contribution < 1.29 is 19.1 Å². The second kappa shape index (κ2) is 6.13. The highest BCUT2D eigenvalue weighted by atomic mass is 16.7. The Morgan fingerprint density at radius 1 is 1.16 bits per heavy atom. The summed E-state index contributed by atoms with van der Waals surface area (Å²) in [5, 5.41) is 2.93. The van der Waals surface area contributed by atoms with E-state index in [0.29, 0.717) is 24.5 Å². The highest BCUT2D eigenvalue weighted by Crippen LogP contribution is 2.47. The summed E-state index contributed by atoms with van der Waals surface area (Å²) in [5.74, 6) is 0.573. The quantitative estimate of drug-likeness (QED) is 0.861. The molecule has 0 radical (unpaired) electrons. The minimum atomic E-state index is -0.504. The molecule has 1 saturated carbocycles. The first-order valence-electron chi connectivity index (χ1n) is 8.92. The number of benzene rings is 1. The number of likely N-dealkylation sites (tertiary alicyclic amines) is 1. The van der Waals surface area contributed by atoms with Crippen LogP contribution in [0.15, 0.2) is 18.2 Å². The standard InChI is InChI=1S/C18H23N3O4/c19-17(23)21-9-3-4-12(11-21)16(22)20-13-5-6-14-15(10-13)25-18(24-14)7-1-2-8-18/h5-6,10,12H,1-4,7-9,11H2,(H2,19,23)(H,20,22)/t12-/m1/s1. The van der Waals surface area contributed by atoms with Gasteiger partial charge in [0.2, 0.25) is 5.91 Å². The average Bonchev–Trinajstić information content (AvgIpc) is 3.20. The minimum absolute atomic E-state index is 0.0969. The summed E-state index contributed by atoms with van der Waals surface area (Å²) in [6.07, 6.45) is 5.54. The van der Waals surface area contributed by atoms with Gasteiger partial charge >= 0.3 is 6.03 Å². The van der Waals surface area contributed by atoms with E-state index >= 15 is 0 Å². The third-order valence-corrected chi connectivity index (χ3v) is 5.27. The van der Waals surface area contributed by atoms with Gasteiger partial charge in [0.15, 0.2) is 11.5 Å². The summed E-state index contributed by atoms with van der Waals surface area (Å²) < 4.78 is 12.0. The monoisotopic (exact) mass is 345 g/mol. The molecule has 4 rings (SSSR count). The predicted octanol–water partition coefficient (Wildman–Crippen LogP) is 2.46. The number of nitrogens with one attached hydrogen (secondary N) is 1. The lowest BCUT2D eigenvalue weighted by molar-refractivity contribution is -0.121. The molecule has 0 unspecified atom stereocenters. The lowest BCUT2D eigenvalue weighted by atomic mass is 9.97. The van der Waals surface area contributed by atoms with E-state index in [1.165, 1.54) is 4.90 Å². The van der Waals surface area contributed by atoms with Crippen molar-refractivity contribution in [3.63, 3.8) is 0 Å². The molecule has 1 saturated heterocycles. The number of urea groups is 1. The number of carbonyl (C=O) groups is 2. The van der Waals surface area contributed by atoms with Crippen LogP contribution in [0, 0.1) is 5.92 Å². The van der Waals surface area contributed by atoms with Gasteiger partial charge in [-0.15, -0.1) is 0 Å². The van der Waals surface area contributed by atoms with E-state index in [9.17, 15) is 9.59 Å². The molecule has 25 heavy (non-hydrogen) atoms. The number of ether oxygens (including phenoxy) is 2. The van der Waals surface area contributed by atoms with Gasteiger partial charge in [0.25, 0.3) is 5.79 Å². The molecule has 7 heteroatoms. The summed E-state index contributed by atoms with van der Waals surface area (Å²) in [6.45, 7) is 0.986. The molecular weight excluding hydrogens is 322 g/mol. The van der Waals surface area contributed by atoms with E-state index in [1.807, 2.05) is 18.2 Å². The number of amides is 3. The van der Waals surface area contributed by atoms with Crippen LogP contribution < -0.4 is 20.5 Å². The van der Waals surface area contributed by atoms with Gasteiger partial charge in [-0.2, -0.15) is 0 Å². The van der Waals surface area contributed by atoms with Crippen molar-refractivity contribution in [2.24, 2.45) is 11.7 Å².